The Kier molecular flexibility index (Phi) is 4.84. The maximum absolute atomic E-state index is 12.2. The standard InChI is InChI=1S/C12H14Cl2N2O2S/c13-10-5-7(11(14)19-10)9(17)6-16-4-2-1-3-8(16)12(15)18/h5,8H,1-4,6H2,(H2,15,18). The third-order valence-electron chi connectivity index (χ3n) is 3.25. The van der Waals surface area contributed by atoms with Crippen molar-refractivity contribution >= 4 is 46.2 Å². The topological polar surface area (TPSA) is 63.4 Å². The second-order valence-corrected chi connectivity index (χ2v) is 6.83. The van der Waals surface area contributed by atoms with E-state index in [1.165, 1.54) is 11.3 Å². The molecule has 0 radical (unpaired) electrons. The highest BCUT2D eigenvalue weighted by molar-refractivity contribution is 7.20. The molecule has 1 aliphatic rings. The first kappa shape index (κ1) is 14.8. The van der Waals surface area contributed by atoms with Gasteiger partial charge in [-0.25, -0.2) is 0 Å². The summed E-state index contributed by atoms with van der Waals surface area (Å²) in [7, 11) is 0. The van der Waals surface area contributed by atoms with E-state index in [0.717, 1.165) is 12.8 Å². The lowest BCUT2D eigenvalue weighted by Gasteiger charge is -2.32. The number of ketones is 1. The molecular weight excluding hydrogens is 307 g/mol. The highest BCUT2D eigenvalue weighted by Crippen LogP contribution is 2.31. The summed E-state index contributed by atoms with van der Waals surface area (Å²) in [5.41, 5.74) is 5.79. The first-order valence-corrected chi connectivity index (χ1v) is 7.57. The lowest BCUT2D eigenvalue weighted by Crippen LogP contribution is -2.49. The molecule has 2 heterocycles. The number of carbonyl (C=O) groups excluding carboxylic acids is 2. The van der Waals surface area contributed by atoms with Gasteiger partial charge in [-0.2, -0.15) is 0 Å². The summed E-state index contributed by atoms with van der Waals surface area (Å²) in [5, 5.41) is 0. The van der Waals surface area contributed by atoms with Gasteiger partial charge in [0.1, 0.15) is 4.34 Å². The van der Waals surface area contributed by atoms with Crippen molar-refractivity contribution in [2.75, 3.05) is 13.1 Å². The summed E-state index contributed by atoms with van der Waals surface area (Å²) in [6.45, 7) is 0.856. The number of primary amides is 1. The van der Waals surface area contributed by atoms with Crippen LogP contribution in [0.15, 0.2) is 6.07 Å². The molecule has 1 saturated heterocycles. The molecule has 0 spiro atoms. The zero-order chi connectivity index (χ0) is 14.0. The Labute approximate surface area is 125 Å². The number of carbonyl (C=O) groups is 2. The summed E-state index contributed by atoms with van der Waals surface area (Å²) < 4.78 is 0.876. The highest BCUT2D eigenvalue weighted by atomic mass is 35.5. The van der Waals surface area contributed by atoms with Crippen LogP contribution >= 0.6 is 34.5 Å². The van der Waals surface area contributed by atoms with Gasteiger partial charge in [0.25, 0.3) is 0 Å². The quantitative estimate of drug-likeness (QED) is 0.867. The first-order valence-electron chi connectivity index (χ1n) is 6.00. The molecule has 7 heteroatoms. The molecule has 1 aromatic heterocycles. The Bertz CT molecular complexity index is 504. The van der Waals surface area contributed by atoms with Crippen LogP contribution in [0, 0.1) is 0 Å². The number of halogens is 2. The maximum atomic E-state index is 12.2. The molecule has 0 aromatic carbocycles. The molecule has 0 saturated carbocycles. The second-order valence-electron chi connectivity index (χ2n) is 4.55. The number of hydrogen-bond acceptors (Lipinski definition) is 4. The number of nitrogens with two attached hydrogens (primary N) is 1. The van der Waals surface area contributed by atoms with Gasteiger partial charge in [0, 0.05) is 0 Å². The van der Waals surface area contributed by atoms with Gasteiger partial charge in [0.15, 0.2) is 5.78 Å². The van der Waals surface area contributed by atoms with Crippen molar-refractivity contribution < 1.29 is 9.59 Å². The number of likely N-dealkylation sites (tertiary alicyclic amines) is 1. The fraction of sp³-hybridized carbons (Fsp3) is 0.500. The molecule has 1 aliphatic heterocycles. The van der Waals surface area contributed by atoms with Gasteiger partial charge in [-0.3, -0.25) is 14.5 Å². The van der Waals surface area contributed by atoms with E-state index >= 15 is 0 Å². The molecule has 1 aromatic rings. The van der Waals surface area contributed by atoms with Gasteiger partial charge in [-0.1, -0.05) is 29.6 Å². The van der Waals surface area contributed by atoms with Crippen LogP contribution in [0.5, 0.6) is 0 Å². The van der Waals surface area contributed by atoms with E-state index in [2.05, 4.69) is 0 Å². The van der Waals surface area contributed by atoms with E-state index in [9.17, 15) is 9.59 Å². The summed E-state index contributed by atoms with van der Waals surface area (Å²) in [6, 6.07) is 1.21. The first-order chi connectivity index (χ1) is 8.99. The Morgan fingerprint density at radius 2 is 2.16 bits per heavy atom. The summed E-state index contributed by atoms with van der Waals surface area (Å²) in [5.74, 6) is -0.497. The highest BCUT2D eigenvalue weighted by Gasteiger charge is 2.29. The number of amides is 1. The van der Waals surface area contributed by atoms with Gasteiger partial charge >= 0.3 is 0 Å². The van der Waals surface area contributed by atoms with Crippen molar-refractivity contribution in [3.05, 3.63) is 20.3 Å². The molecule has 2 rings (SSSR count). The largest absolute Gasteiger partial charge is 0.368 e. The van der Waals surface area contributed by atoms with E-state index < -0.39 is 0 Å². The van der Waals surface area contributed by atoms with E-state index in [1.54, 1.807) is 6.07 Å². The number of Topliss-reactive ketones (excluding diaryl/α,β-unsaturated/α-hetero) is 1. The normalized spacial score (nSPS) is 20.4. The van der Waals surface area contributed by atoms with Crippen LogP contribution in [0.2, 0.25) is 8.67 Å². The van der Waals surface area contributed by atoms with Crippen molar-refractivity contribution in [1.29, 1.82) is 0 Å². The van der Waals surface area contributed by atoms with Crippen LogP contribution in [0.25, 0.3) is 0 Å². The smallest absolute Gasteiger partial charge is 0.234 e. The number of piperidine rings is 1. The molecule has 1 amide bonds. The predicted molar refractivity (Wildman–Crippen MR) is 77.1 cm³/mol. The monoisotopic (exact) mass is 320 g/mol. The zero-order valence-electron chi connectivity index (χ0n) is 10.2. The van der Waals surface area contributed by atoms with Crippen molar-refractivity contribution in [1.82, 2.24) is 4.90 Å². The third kappa shape index (κ3) is 3.48. The lowest BCUT2D eigenvalue weighted by molar-refractivity contribution is -0.124. The summed E-state index contributed by atoms with van der Waals surface area (Å²) in [4.78, 5) is 25.4. The second kappa shape index (κ2) is 6.22. The molecular formula is C12H14Cl2N2O2S. The maximum Gasteiger partial charge on any atom is 0.234 e. The molecule has 1 atom stereocenters. The molecule has 4 nitrogen and oxygen atoms in total. The average Bonchev–Trinajstić information content (AvgIpc) is 2.69. The number of rotatable bonds is 4. The number of thiophene rings is 1. The van der Waals surface area contributed by atoms with Crippen molar-refractivity contribution in [2.24, 2.45) is 5.73 Å². The van der Waals surface area contributed by atoms with E-state index in [0.29, 0.717) is 27.2 Å². The molecule has 1 fully saturated rings. The van der Waals surface area contributed by atoms with Gasteiger partial charge in [0.05, 0.1) is 22.5 Å². The minimum Gasteiger partial charge on any atom is -0.368 e. The van der Waals surface area contributed by atoms with Crippen LogP contribution in [-0.4, -0.2) is 35.7 Å². The van der Waals surface area contributed by atoms with Crippen LogP contribution < -0.4 is 5.73 Å². The van der Waals surface area contributed by atoms with Crippen LogP contribution in [0.4, 0.5) is 0 Å². The van der Waals surface area contributed by atoms with Crippen LogP contribution in [0.3, 0.4) is 0 Å². The van der Waals surface area contributed by atoms with Gasteiger partial charge < -0.3 is 5.73 Å². The number of hydrogen-bond donors (Lipinski definition) is 1. The Balaban J connectivity index is 2.09. The molecule has 19 heavy (non-hydrogen) atoms. The molecule has 2 N–H and O–H groups in total. The van der Waals surface area contributed by atoms with Crippen molar-refractivity contribution in [2.45, 2.75) is 25.3 Å². The third-order valence-corrected chi connectivity index (χ3v) is 4.73. The SMILES string of the molecule is NC(=O)C1CCCCN1CC(=O)c1cc(Cl)sc1Cl. The van der Waals surface area contributed by atoms with Gasteiger partial charge in [0.2, 0.25) is 5.91 Å². The van der Waals surface area contributed by atoms with Gasteiger partial charge in [-0.15, -0.1) is 11.3 Å². The predicted octanol–water partition coefficient (Wildman–Crippen LogP) is 2.58. The van der Waals surface area contributed by atoms with E-state index in [4.69, 9.17) is 28.9 Å². The average molecular weight is 321 g/mol. The Morgan fingerprint density at radius 3 is 2.74 bits per heavy atom. The molecule has 1 unspecified atom stereocenters. The lowest BCUT2D eigenvalue weighted by atomic mass is 10.0. The fourth-order valence-corrected chi connectivity index (χ4v) is 3.80. The molecule has 104 valence electrons. The summed E-state index contributed by atoms with van der Waals surface area (Å²) >= 11 is 13.0. The summed E-state index contributed by atoms with van der Waals surface area (Å²) in [6.07, 6.45) is 2.64. The molecule has 0 bridgehead atoms. The minimum atomic E-state index is -0.373. The fourth-order valence-electron chi connectivity index (χ4n) is 2.30. The minimum absolute atomic E-state index is 0.124. The van der Waals surface area contributed by atoms with E-state index in [-0.39, 0.29) is 24.3 Å². The van der Waals surface area contributed by atoms with Crippen molar-refractivity contribution in [3.8, 4) is 0 Å². The van der Waals surface area contributed by atoms with E-state index in [1.807, 2.05) is 4.90 Å². The number of nitrogens with zero attached hydrogens (tertiary/aromatic N) is 1. The Morgan fingerprint density at radius 1 is 1.42 bits per heavy atom. The Hall–Kier alpha value is -0.620. The van der Waals surface area contributed by atoms with Crippen LogP contribution in [0.1, 0.15) is 29.6 Å². The van der Waals surface area contributed by atoms with Crippen LogP contribution in [-0.2, 0) is 4.79 Å². The van der Waals surface area contributed by atoms with Gasteiger partial charge in [-0.05, 0) is 25.5 Å². The molecule has 0 aliphatic carbocycles. The van der Waals surface area contributed by atoms with Crippen molar-refractivity contribution in [3.63, 3.8) is 0 Å². The zero-order valence-corrected chi connectivity index (χ0v) is 12.5.